The van der Waals surface area contributed by atoms with Gasteiger partial charge in [0.1, 0.15) is 11.5 Å². The van der Waals surface area contributed by atoms with Gasteiger partial charge < -0.3 is 14.0 Å². The van der Waals surface area contributed by atoms with Gasteiger partial charge in [0, 0.05) is 52.2 Å². The van der Waals surface area contributed by atoms with Gasteiger partial charge in [-0.25, -0.2) is 4.98 Å². The number of aromatic nitrogens is 3. The predicted octanol–water partition coefficient (Wildman–Crippen LogP) is 2.21. The summed E-state index contributed by atoms with van der Waals surface area (Å²) < 4.78 is 3.96. The van der Waals surface area contributed by atoms with E-state index < -0.39 is 0 Å². The molecule has 0 spiro atoms. The lowest BCUT2D eigenvalue weighted by Gasteiger charge is -2.28. The van der Waals surface area contributed by atoms with Gasteiger partial charge in [-0.05, 0) is 18.4 Å². The minimum Gasteiger partial charge on any atom is -0.345 e. The van der Waals surface area contributed by atoms with E-state index in [-0.39, 0.29) is 5.91 Å². The van der Waals surface area contributed by atoms with Gasteiger partial charge >= 0.3 is 0 Å². The molecule has 0 radical (unpaired) electrons. The normalized spacial score (nSPS) is 17.6. The molecule has 0 saturated heterocycles. The van der Waals surface area contributed by atoms with Gasteiger partial charge in [-0.2, -0.15) is 0 Å². The van der Waals surface area contributed by atoms with Crippen molar-refractivity contribution in [1.82, 2.24) is 19.0 Å². The van der Waals surface area contributed by atoms with E-state index in [2.05, 4.69) is 9.55 Å². The first-order valence-corrected chi connectivity index (χ1v) is 7.49. The van der Waals surface area contributed by atoms with Gasteiger partial charge in [-0.15, -0.1) is 0 Å². The third kappa shape index (κ3) is 2.83. The van der Waals surface area contributed by atoms with E-state index in [9.17, 15) is 4.79 Å². The van der Waals surface area contributed by atoms with Crippen molar-refractivity contribution in [3.63, 3.8) is 0 Å². The molecular weight excluding hydrogens is 288 g/mol. The molecule has 0 bridgehead atoms. The maximum absolute atomic E-state index is 12.5. The van der Waals surface area contributed by atoms with Gasteiger partial charge in [0.05, 0.1) is 5.02 Å². The first-order chi connectivity index (χ1) is 10.0. The van der Waals surface area contributed by atoms with E-state index in [0.29, 0.717) is 16.6 Å². The highest BCUT2D eigenvalue weighted by atomic mass is 35.5. The topological polar surface area (TPSA) is 43.1 Å². The summed E-state index contributed by atoms with van der Waals surface area (Å²) in [5.74, 6) is 1.63. The minimum absolute atomic E-state index is 0.0147. The summed E-state index contributed by atoms with van der Waals surface area (Å²) in [5, 5.41) is 0.593. The van der Waals surface area contributed by atoms with Crippen molar-refractivity contribution < 1.29 is 4.79 Å². The Labute approximate surface area is 129 Å². The molecular formula is C15H19ClN4O. The summed E-state index contributed by atoms with van der Waals surface area (Å²) in [5.41, 5.74) is 0.627. The largest absolute Gasteiger partial charge is 0.345 e. The Morgan fingerprint density at radius 1 is 1.57 bits per heavy atom. The van der Waals surface area contributed by atoms with Gasteiger partial charge in [0.25, 0.3) is 5.91 Å². The highest BCUT2D eigenvalue weighted by Crippen LogP contribution is 2.21. The van der Waals surface area contributed by atoms with Crippen LogP contribution in [-0.4, -0.2) is 38.5 Å². The summed E-state index contributed by atoms with van der Waals surface area (Å²) in [4.78, 5) is 18.6. The molecule has 1 aliphatic heterocycles. The summed E-state index contributed by atoms with van der Waals surface area (Å²) in [6, 6.07) is 1.72. The number of carbonyl (C=O) groups excluding carboxylic acids is 1. The highest BCUT2D eigenvalue weighted by Gasteiger charge is 2.23. The minimum atomic E-state index is 0.0147. The monoisotopic (exact) mass is 306 g/mol. The van der Waals surface area contributed by atoms with Gasteiger partial charge in [0.15, 0.2) is 0 Å². The molecule has 6 heteroatoms. The molecule has 5 nitrogen and oxygen atoms in total. The fourth-order valence-corrected chi connectivity index (χ4v) is 3.24. The molecule has 2 aromatic rings. The molecule has 3 heterocycles. The number of aryl methyl sites for hydroxylation is 2. The van der Waals surface area contributed by atoms with Crippen molar-refractivity contribution in [3.8, 4) is 0 Å². The molecule has 21 heavy (non-hydrogen) atoms. The number of nitrogens with zero attached hydrogens (tertiary/aromatic N) is 4. The molecule has 0 aromatic carbocycles. The van der Waals surface area contributed by atoms with E-state index in [1.165, 1.54) is 0 Å². The van der Waals surface area contributed by atoms with Gasteiger partial charge in [-0.3, -0.25) is 4.79 Å². The average Bonchev–Trinajstić information content (AvgIpc) is 3.03. The molecule has 0 fully saturated rings. The third-order valence-corrected chi connectivity index (χ3v) is 4.31. The van der Waals surface area contributed by atoms with Crippen molar-refractivity contribution >= 4 is 17.5 Å². The Kier molecular flexibility index (Phi) is 3.76. The lowest BCUT2D eigenvalue weighted by molar-refractivity contribution is 0.0751. The molecule has 1 amide bonds. The quantitative estimate of drug-likeness (QED) is 0.872. The molecule has 0 N–H and O–H groups in total. The lowest BCUT2D eigenvalue weighted by Crippen LogP contribution is -2.36. The molecule has 1 atom stereocenters. The summed E-state index contributed by atoms with van der Waals surface area (Å²) in [7, 11) is 3.69. The molecule has 0 saturated carbocycles. The molecule has 1 aliphatic rings. The van der Waals surface area contributed by atoms with Gasteiger partial charge in [-0.1, -0.05) is 11.6 Å². The molecule has 112 valence electrons. The van der Waals surface area contributed by atoms with Crippen molar-refractivity contribution in [2.24, 2.45) is 13.0 Å². The van der Waals surface area contributed by atoms with Crippen molar-refractivity contribution in [1.29, 1.82) is 0 Å². The Balaban J connectivity index is 1.65. The second kappa shape index (κ2) is 5.56. The van der Waals surface area contributed by atoms with Crippen LogP contribution in [0, 0.1) is 5.92 Å². The van der Waals surface area contributed by atoms with E-state index >= 15 is 0 Å². The van der Waals surface area contributed by atoms with Gasteiger partial charge in [0.2, 0.25) is 0 Å². The summed E-state index contributed by atoms with van der Waals surface area (Å²) >= 11 is 5.95. The van der Waals surface area contributed by atoms with Crippen LogP contribution in [-0.2, 0) is 20.0 Å². The second-order valence-corrected chi connectivity index (χ2v) is 6.18. The summed E-state index contributed by atoms with van der Waals surface area (Å²) in [6.07, 6.45) is 7.66. The predicted molar refractivity (Wildman–Crippen MR) is 81.4 cm³/mol. The maximum atomic E-state index is 12.5. The van der Waals surface area contributed by atoms with E-state index in [0.717, 1.165) is 31.8 Å². The highest BCUT2D eigenvalue weighted by molar-refractivity contribution is 6.31. The SMILES string of the molecule is CN(C[C@@H]1CCc2nccn2C1)C(=O)c1cc(Cl)cn1C. The zero-order valence-electron chi connectivity index (χ0n) is 12.3. The van der Waals surface area contributed by atoms with E-state index in [1.807, 2.05) is 26.5 Å². The Morgan fingerprint density at radius 3 is 3.10 bits per heavy atom. The second-order valence-electron chi connectivity index (χ2n) is 5.74. The van der Waals surface area contributed by atoms with Crippen LogP contribution >= 0.6 is 11.6 Å². The number of rotatable bonds is 3. The van der Waals surface area contributed by atoms with Crippen molar-refractivity contribution in [3.05, 3.63) is 41.2 Å². The van der Waals surface area contributed by atoms with Crippen LogP contribution in [0.1, 0.15) is 22.7 Å². The summed E-state index contributed by atoms with van der Waals surface area (Å²) in [6.45, 7) is 1.68. The number of hydrogen-bond acceptors (Lipinski definition) is 2. The standard InChI is InChI=1S/C15H19ClN4O/c1-18-10-12(16)7-13(18)15(21)19(2)8-11-3-4-14-17-5-6-20(14)9-11/h5-7,10-11H,3-4,8-9H2,1-2H3/t11-/m0/s1. The number of halogens is 1. The van der Waals surface area contributed by atoms with Crippen LogP contribution in [0.2, 0.25) is 5.02 Å². The zero-order valence-corrected chi connectivity index (χ0v) is 13.0. The molecule has 0 unspecified atom stereocenters. The third-order valence-electron chi connectivity index (χ3n) is 4.10. The van der Waals surface area contributed by atoms with Crippen LogP contribution in [0.25, 0.3) is 0 Å². The van der Waals surface area contributed by atoms with E-state index in [4.69, 9.17) is 11.6 Å². The van der Waals surface area contributed by atoms with Crippen molar-refractivity contribution in [2.45, 2.75) is 19.4 Å². The first kappa shape index (κ1) is 14.2. The average molecular weight is 307 g/mol. The number of imidazole rings is 1. The number of carbonyl (C=O) groups is 1. The lowest BCUT2D eigenvalue weighted by atomic mass is 9.99. The number of fused-ring (bicyclic) bond motifs is 1. The Morgan fingerprint density at radius 2 is 2.38 bits per heavy atom. The van der Waals surface area contributed by atoms with E-state index in [1.54, 1.807) is 21.7 Å². The maximum Gasteiger partial charge on any atom is 0.270 e. The van der Waals surface area contributed by atoms with Crippen LogP contribution in [0.15, 0.2) is 24.7 Å². The Bertz CT molecular complexity index is 660. The number of amides is 1. The van der Waals surface area contributed by atoms with Crippen LogP contribution in [0.5, 0.6) is 0 Å². The van der Waals surface area contributed by atoms with Crippen LogP contribution in [0.4, 0.5) is 0 Å². The molecule has 3 rings (SSSR count). The molecule has 2 aromatic heterocycles. The van der Waals surface area contributed by atoms with Crippen molar-refractivity contribution in [2.75, 3.05) is 13.6 Å². The Hall–Kier alpha value is -1.75. The fourth-order valence-electron chi connectivity index (χ4n) is 2.99. The van der Waals surface area contributed by atoms with Crippen LogP contribution < -0.4 is 0 Å². The zero-order chi connectivity index (χ0) is 15.0. The smallest absolute Gasteiger partial charge is 0.270 e. The first-order valence-electron chi connectivity index (χ1n) is 7.12. The van der Waals surface area contributed by atoms with Crippen LogP contribution in [0.3, 0.4) is 0 Å². The molecule has 0 aliphatic carbocycles. The fraction of sp³-hybridized carbons (Fsp3) is 0.467. The number of hydrogen-bond donors (Lipinski definition) is 0.